The SMILES string of the molecule is CCC(C)Cn1c(=O)ccc2c(C)nc(N[C@@H](C)c3ccc(CN4CCC(F)(F)CC4)cc3)nc21. The van der Waals surface area contributed by atoms with E-state index >= 15 is 0 Å². The number of aromatic nitrogens is 3. The second-order valence-electron chi connectivity index (χ2n) is 9.91. The topological polar surface area (TPSA) is 63.1 Å². The minimum Gasteiger partial charge on any atom is -0.348 e. The molecule has 3 aromatic rings. The number of aryl methyl sites for hydroxylation is 1. The van der Waals surface area contributed by atoms with Gasteiger partial charge in [0.1, 0.15) is 5.65 Å². The summed E-state index contributed by atoms with van der Waals surface area (Å²) in [6.07, 6.45) is 0.847. The van der Waals surface area contributed by atoms with Crippen molar-refractivity contribution >= 4 is 17.0 Å². The van der Waals surface area contributed by atoms with Crippen LogP contribution in [0.2, 0.25) is 0 Å². The highest BCUT2D eigenvalue weighted by Gasteiger charge is 2.33. The van der Waals surface area contributed by atoms with Gasteiger partial charge in [0.15, 0.2) is 0 Å². The maximum Gasteiger partial charge on any atom is 0.252 e. The van der Waals surface area contributed by atoms with Gasteiger partial charge in [-0.05, 0) is 37.0 Å². The molecule has 6 nitrogen and oxygen atoms in total. The summed E-state index contributed by atoms with van der Waals surface area (Å²) in [5, 5.41) is 4.26. The van der Waals surface area contributed by atoms with Crippen molar-refractivity contribution in [2.75, 3.05) is 18.4 Å². The molecule has 1 saturated heterocycles. The number of halogens is 2. The van der Waals surface area contributed by atoms with Crippen molar-refractivity contribution in [1.82, 2.24) is 19.4 Å². The Hall–Kier alpha value is -2.87. The van der Waals surface area contributed by atoms with E-state index in [4.69, 9.17) is 4.98 Å². The first-order valence-corrected chi connectivity index (χ1v) is 12.5. The van der Waals surface area contributed by atoms with Gasteiger partial charge in [0.2, 0.25) is 5.95 Å². The van der Waals surface area contributed by atoms with E-state index in [2.05, 4.69) is 53.3 Å². The Morgan fingerprint density at radius 1 is 1.06 bits per heavy atom. The van der Waals surface area contributed by atoms with E-state index in [9.17, 15) is 13.6 Å². The van der Waals surface area contributed by atoms with Crippen LogP contribution in [0.5, 0.6) is 0 Å². The number of likely N-dealkylation sites (tertiary alicyclic amines) is 1. The summed E-state index contributed by atoms with van der Waals surface area (Å²) < 4.78 is 28.6. The predicted octanol–water partition coefficient (Wildman–Crippen LogP) is 5.55. The third-order valence-electron chi connectivity index (χ3n) is 7.04. The average Bonchev–Trinajstić information content (AvgIpc) is 2.82. The van der Waals surface area contributed by atoms with Crippen LogP contribution in [0.3, 0.4) is 0 Å². The van der Waals surface area contributed by atoms with E-state index in [-0.39, 0.29) is 24.4 Å². The van der Waals surface area contributed by atoms with Crippen LogP contribution in [0.15, 0.2) is 41.2 Å². The molecule has 1 aliphatic heterocycles. The zero-order chi connectivity index (χ0) is 25.2. The van der Waals surface area contributed by atoms with Crippen LogP contribution in [0.1, 0.15) is 62.9 Å². The van der Waals surface area contributed by atoms with Crippen LogP contribution in [0.25, 0.3) is 11.0 Å². The number of pyridine rings is 1. The monoisotopic (exact) mass is 483 g/mol. The number of hydrogen-bond donors (Lipinski definition) is 1. The predicted molar refractivity (Wildman–Crippen MR) is 136 cm³/mol. The van der Waals surface area contributed by atoms with Gasteiger partial charge in [-0.15, -0.1) is 0 Å². The fourth-order valence-electron chi connectivity index (χ4n) is 4.48. The van der Waals surface area contributed by atoms with Crippen molar-refractivity contribution in [3.05, 3.63) is 63.6 Å². The third-order valence-corrected chi connectivity index (χ3v) is 7.04. The molecule has 1 fully saturated rings. The molecular formula is C27H35F2N5O. The Labute approximate surface area is 205 Å². The Balaban J connectivity index is 1.48. The van der Waals surface area contributed by atoms with E-state index in [0.29, 0.717) is 43.7 Å². The molecule has 35 heavy (non-hydrogen) atoms. The summed E-state index contributed by atoms with van der Waals surface area (Å²) in [7, 11) is 0. The van der Waals surface area contributed by atoms with E-state index in [1.54, 1.807) is 16.7 Å². The van der Waals surface area contributed by atoms with Gasteiger partial charge >= 0.3 is 0 Å². The number of fused-ring (bicyclic) bond motifs is 1. The van der Waals surface area contributed by atoms with E-state index < -0.39 is 5.92 Å². The molecule has 1 aromatic carbocycles. The van der Waals surface area contributed by atoms with E-state index in [1.165, 1.54) is 0 Å². The highest BCUT2D eigenvalue weighted by molar-refractivity contribution is 5.78. The average molecular weight is 484 g/mol. The van der Waals surface area contributed by atoms with Gasteiger partial charge in [-0.1, -0.05) is 44.5 Å². The van der Waals surface area contributed by atoms with Crippen LogP contribution in [-0.4, -0.2) is 38.4 Å². The minimum atomic E-state index is -2.52. The molecular weight excluding hydrogens is 448 g/mol. The highest BCUT2D eigenvalue weighted by Crippen LogP contribution is 2.28. The van der Waals surface area contributed by atoms with Gasteiger partial charge in [-0.25, -0.2) is 13.8 Å². The summed E-state index contributed by atoms with van der Waals surface area (Å²) in [6.45, 7) is 10.4. The zero-order valence-electron chi connectivity index (χ0n) is 21.0. The van der Waals surface area contributed by atoms with Gasteiger partial charge in [0.25, 0.3) is 11.5 Å². The lowest BCUT2D eigenvalue weighted by Crippen LogP contribution is -2.38. The number of hydrogen-bond acceptors (Lipinski definition) is 5. The normalized spacial score (nSPS) is 17.9. The molecule has 0 radical (unpaired) electrons. The van der Waals surface area contributed by atoms with Crippen molar-refractivity contribution in [3.8, 4) is 0 Å². The maximum atomic E-state index is 13.4. The van der Waals surface area contributed by atoms with Crippen LogP contribution < -0.4 is 10.9 Å². The molecule has 1 unspecified atom stereocenters. The van der Waals surface area contributed by atoms with Gasteiger partial charge in [0, 0.05) is 50.5 Å². The van der Waals surface area contributed by atoms with Crippen molar-refractivity contribution in [3.63, 3.8) is 0 Å². The zero-order valence-corrected chi connectivity index (χ0v) is 21.0. The van der Waals surface area contributed by atoms with Gasteiger partial charge < -0.3 is 5.32 Å². The number of nitrogens with zero attached hydrogens (tertiary/aromatic N) is 4. The summed E-state index contributed by atoms with van der Waals surface area (Å²) in [5.41, 5.74) is 3.61. The Morgan fingerprint density at radius 2 is 1.74 bits per heavy atom. The van der Waals surface area contributed by atoms with Crippen molar-refractivity contribution < 1.29 is 8.78 Å². The first-order chi connectivity index (χ1) is 16.6. The lowest BCUT2D eigenvalue weighted by atomic mass is 10.0. The lowest BCUT2D eigenvalue weighted by Gasteiger charge is -2.31. The molecule has 1 aliphatic rings. The molecule has 1 N–H and O–H groups in total. The summed E-state index contributed by atoms with van der Waals surface area (Å²) in [4.78, 5) is 24.0. The Kier molecular flexibility index (Phi) is 7.50. The number of benzene rings is 1. The highest BCUT2D eigenvalue weighted by atomic mass is 19.3. The number of nitrogens with one attached hydrogen (secondary N) is 1. The molecule has 2 atom stereocenters. The molecule has 2 aromatic heterocycles. The fourth-order valence-corrected chi connectivity index (χ4v) is 4.48. The minimum absolute atomic E-state index is 0.0481. The van der Waals surface area contributed by atoms with Gasteiger partial charge in [-0.3, -0.25) is 14.3 Å². The van der Waals surface area contributed by atoms with Crippen LogP contribution in [0.4, 0.5) is 14.7 Å². The Bertz CT molecular complexity index is 1210. The first-order valence-electron chi connectivity index (χ1n) is 12.5. The van der Waals surface area contributed by atoms with Crippen LogP contribution in [-0.2, 0) is 13.1 Å². The third kappa shape index (κ3) is 6.04. The molecule has 8 heteroatoms. The lowest BCUT2D eigenvalue weighted by molar-refractivity contribution is -0.0566. The molecule has 0 amide bonds. The molecule has 188 valence electrons. The summed E-state index contributed by atoms with van der Waals surface area (Å²) >= 11 is 0. The van der Waals surface area contributed by atoms with Crippen molar-refractivity contribution in [2.45, 2.75) is 72.0 Å². The quantitative estimate of drug-likeness (QED) is 0.455. The second-order valence-corrected chi connectivity index (χ2v) is 9.91. The van der Waals surface area contributed by atoms with Gasteiger partial charge in [-0.2, -0.15) is 4.98 Å². The molecule has 4 rings (SSSR count). The number of anilines is 1. The van der Waals surface area contributed by atoms with Crippen LogP contribution >= 0.6 is 0 Å². The largest absolute Gasteiger partial charge is 0.348 e. The fraction of sp³-hybridized carbons (Fsp3) is 0.519. The summed E-state index contributed by atoms with van der Waals surface area (Å²) in [5.74, 6) is -1.67. The first kappa shape index (κ1) is 25.2. The van der Waals surface area contributed by atoms with Gasteiger partial charge in [0.05, 0.1) is 11.7 Å². The number of piperidine rings is 1. The van der Waals surface area contributed by atoms with E-state index in [0.717, 1.165) is 28.6 Å². The molecule has 0 spiro atoms. The van der Waals surface area contributed by atoms with Crippen molar-refractivity contribution in [1.29, 1.82) is 0 Å². The van der Waals surface area contributed by atoms with Crippen molar-refractivity contribution in [2.24, 2.45) is 5.92 Å². The molecule has 0 bridgehead atoms. The smallest absolute Gasteiger partial charge is 0.252 e. The standard InChI is InChI=1S/C27H35F2N5O/c1-5-18(2)16-34-24(35)11-10-23-20(4)31-26(32-25(23)34)30-19(3)22-8-6-21(7-9-22)17-33-14-12-27(28,29)13-15-33/h6-11,18-19H,5,12-17H2,1-4H3,(H,30,31,32)/t18?,19-/m0/s1. The Morgan fingerprint density at radius 3 is 2.40 bits per heavy atom. The maximum absolute atomic E-state index is 13.4. The second kappa shape index (κ2) is 10.4. The molecule has 3 heterocycles. The number of alkyl halides is 2. The summed E-state index contributed by atoms with van der Waals surface area (Å²) in [6, 6.07) is 11.6. The number of rotatable bonds is 8. The molecule has 0 aliphatic carbocycles. The van der Waals surface area contributed by atoms with E-state index in [1.807, 2.05) is 13.8 Å². The van der Waals surface area contributed by atoms with Crippen LogP contribution in [0, 0.1) is 12.8 Å². The molecule has 0 saturated carbocycles.